The maximum absolute atomic E-state index is 11.9. The number of hydrogen-bond donors (Lipinski definition) is 1. The molecule has 0 spiro atoms. The van der Waals surface area contributed by atoms with E-state index in [0.717, 1.165) is 24.3 Å². The van der Waals surface area contributed by atoms with Crippen molar-refractivity contribution in [2.75, 3.05) is 11.9 Å². The molecule has 0 saturated carbocycles. The van der Waals surface area contributed by atoms with Gasteiger partial charge in [-0.1, -0.05) is 0 Å². The zero-order chi connectivity index (χ0) is 17.7. The van der Waals surface area contributed by atoms with Crippen molar-refractivity contribution in [2.24, 2.45) is 0 Å². The Hall–Kier alpha value is -1.44. The van der Waals surface area contributed by atoms with Gasteiger partial charge in [-0.25, -0.2) is 4.79 Å². The lowest BCUT2D eigenvalue weighted by Gasteiger charge is -2.10. The van der Waals surface area contributed by atoms with Gasteiger partial charge in [0, 0.05) is 24.8 Å². The van der Waals surface area contributed by atoms with Crippen molar-refractivity contribution in [3.8, 4) is 0 Å². The largest absolute Gasteiger partial charge is 0.452 e. The third kappa shape index (κ3) is 5.58. The van der Waals surface area contributed by atoms with Crippen LogP contribution in [0.25, 0.3) is 6.08 Å². The molecule has 0 atom stereocenters. The van der Waals surface area contributed by atoms with Crippen LogP contribution in [-0.4, -0.2) is 18.5 Å². The van der Waals surface area contributed by atoms with E-state index in [1.807, 2.05) is 38.1 Å². The first kappa shape index (κ1) is 18.9. The van der Waals surface area contributed by atoms with Crippen LogP contribution in [0.15, 0.2) is 39.3 Å². The lowest BCUT2D eigenvalue weighted by atomic mass is 10.2. The van der Waals surface area contributed by atoms with Gasteiger partial charge < -0.3 is 10.1 Å². The van der Waals surface area contributed by atoms with Gasteiger partial charge in [-0.05, 0) is 81.6 Å². The Labute approximate surface area is 161 Å². The lowest BCUT2D eigenvalue weighted by Crippen LogP contribution is -2.20. The average Bonchev–Trinajstić information content (AvgIpc) is 2.92. The molecular formula is C17H15Br2NO3S. The molecule has 1 heterocycles. The smallest absolute Gasteiger partial charge is 0.331 e. The minimum absolute atomic E-state index is 0.348. The van der Waals surface area contributed by atoms with E-state index in [9.17, 15) is 9.59 Å². The molecule has 1 aromatic carbocycles. The summed E-state index contributed by atoms with van der Waals surface area (Å²) in [6, 6.07) is 7.67. The van der Waals surface area contributed by atoms with E-state index in [-0.39, 0.29) is 6.61 Å². The number of aryl methyl sites for hydroxylation is 2. The number of nitrogens with one attached hydrogen (secondary N) is 1. The summed E-state index contributed by atoms with van der Waals surface area (Å²) in [5.41, 5.74) is 1.65. The zero-order valence-electron chi connectivity index (χ0n) is 13.1. The predicted molar refractivity (Wildman–Crippen MR) is 104 cm³/mol. The molecule has 7 heteroatoms. The second-order valence-corrected chi connectivity index (χ2v) is 8.07. The summed E-state index contributed by atoms with van der Waals surface area (Å²) in [7, 11) is 0. The number of anilines is 1. The first-order valence-electron chi connectivity index (χ1n) is 7.02. The molecule has 2 rings (SSSR count). The van der Waals surface area contributed by atoms with E-state index >= 15 is 0 Å². The molecule has 0 saturated heterocycles. The summed E-state index contributed by atoms with van der Waals surface area (Å²) < 4.78 is 6.45. The maximum atomic E-state index is 11.9. The number of amides is 1. The number of carbonyl (C=O) groups is 2. The van der Waals surface area contributed by atoms with Crippen LogP contribution in [-0.2, 0) is 14.3 Å². The van der Waals surface area contributed by atoms with Crippen molar-refractivity contribution in [1.82, 2.24) is 0 Å². The fourth-order valence-corrected chi connectivity index (χ4v) is 4.27. The van der Waals surface area contributed by atoms with Crippen molar-refractivity contribution >= 4 is 66.8 Å². The quantitative estimate of drug-likeness (QED) is 0.487. The molecule has 0 radical (unpaired) electrons. The minimum atomic E-state index is -0.557. The second kappa shape index (κ2) is 8.60. The predicted octanol–water partition coefficient (Wildman–Crippen LogP) is 5.09. The Morgan fingerprint density at radius 3 is 2.46 bits per heavy atom. The van der Waals surface area contributed by atoms with E-state index in [0.29, 0.717) is 5.69 Å². The molecule has 0 aliphatic heterocycles. The minimum Gasteiger partial charge on any atom is -0.452 e. The highest BCUT2D eigenvalue weighted by molar-refractivity contribution is 9.11. The molecule has 0 bridgehead atoms. The van der Waals surface area contributed by atoms with Gasteiger partial charge in [0.05, 0.1) is 5.69 Å². The Morgan fingerprint density at radius 2 is 1.88 bits per heavy atom. The number of benzene rings is 1. The maximum Gasteiger partial charge on any atom is 0.331 e. The topological polar surface area (TPSA) is 55.4 Å². The van der Waals surface area contributed by atoms with Crippen LogP contribution in [0.2, 0.25) is 0 Å². The van der Waals surface area contributed by atoms with Gasteiger partial charge in [0.1, 0.15) is 0 Å². The highest BCUT2D eigenvalue weighted by atomic mass is 79.9. The molecule has 1 N–H and O–H groups in total. The van der Waals surface area contributed by atoms with Crippen LogP contribution in [0, 0.1) is 13.8 Å². The van der Waals surface area contributed by atoms with Crippen molar-refractivity contribution < 1.29 is 14.3 Å². The van der Waals surface area contributed by atoms with E-state index < -0.39 is 11.9 Å². The molecule has 2 aromatic rings. The first-order valence-corrected chi connectivity index (χ1v) is 9.42. The number of rotatable bonds is 5. The van der Waals surface area contributed by atoms with Crippen molar-refractivity contribution in [1.29, 1.82) is 0 Å². The summed E-state index contributed by atoms with van der Waals surface area (Å²) in [6.07, 6.45) is 2.99. The van der Waals surface area contributed by atoms with E-state index in [1.165, 1.54) is 6.08 Å². The third-order valence-corrected chi connectivity index (χ3v) is 5.16. The number of hydrogen-bond acceptors (Lipinski definition) is 4. The molecule has 1 amide bonds. The molecule has 1 aromatic heterocycles. The summed E-state index contributed by atoms with van der Waals surface area (Å²) in [6.45, 7) is 3.59. The SMILES string of the molecule is Cc1cc(Br)c(NC(=O)COC(=O)/C=C/c2ccc(C)s2)c(Br)c1. The Morgan fingerprint density at radius 1 is 1.21 bits per heavy atom. The van der Waals surface area contributed by atoms with Gasteiger partial charge in [-0.3, -0.25) is 4.79 Å². The normalized spacial score (nSPS) is 10.8. The molecular weight excluding hydrogens is 458 g/mol. The summed E-state index contributed by atoms with van der Waals surface area (Å²) >= 11 is 8.37. The van der Waals surface area contributed by atoms with Crippen LogP contribution in [0.5, 0.6) is 0 Å². The Kier molecular flexibility index (Phi) is 6.77. The Bertz CT molecular complexity index is 776. The summed E-state index contributed by atoms with van der Waals surface area (Å²) in [4.78, 5) is 25.7. The van der Waals surface area contributed by atoms with Crippen LogP contribution < -0.4 is 5.32 Å². The molecule has 4 nitrogen and oxygen atoms in total. The number of esters is 1. The average molecular weight is 473 g/mol. The van der Waals surface area contributed by atoms with Crippen LogP contribution in [0.1, 0.15) is 15.3 Å². The second-order valence-electron chi connectivity index (χ2n) is 5.04. The molecule has 24 heavy (non-hydrogen) atoms. The Balaban J connectivity index is 1.87. The van der Waals surface area contributed by atoms with Gasteiger partial charge >= 0.3 is 5.97 Å². The van der Waals surface area contributed by atoms with Crippen molar-refractivity contribution in [3.05, 3.63) is 54.6 Å². The van der Waals surface area contributed by atoms with Crippen molar-refractivity contribution in [2.45, 2.75) is 13.8 Å². The van der Waals surface area contributed by atoms with Gasteiger partial charge in [0.25, 0.3) is 5.91 Å². The van der Waals surface area contributed by atoms with Crippen LogP contribution in [0.4, 0.5) is 5.69 Å². The zero-order valence-corrected chi connectivity index (χ0v) is 17.0. The number of halogens is 2. The van der Waals surface area contributed by atoms with Gasteiger partial charge in [-0.2, -0.15) is 0 Å². The number of ether oxygens (including phenoxy) is 1. The van der Waals surface area contributed by atoms with Gasteiger partial charge in [0.15, 0.2) is 6.61 Å². The highest BCUT2D eigenvalue weighted by Crippen LogP contribution is 2.32. The lowest BCUT2D eigenvalue weighted by molar-refractivity contribution is -0.142. The first-order chi connectivity index (χ1) is 11.3. The van der Waals surface area contributed by atoms with Crippen molar-refractivity contribution in [3.63, 3.8) is 0 Å². The molecule has 0 fully saturated rings. The van der Waals surface area contributed by atoms with Crippen LogP contribution in [0.3, 0.4) is 0 Å². The molecule has 126 valence electrons. The fraction of sp³-hybridized carbons (Fsp3) is 0.176. The monoisotopic (exact) mass is 471 g/mol. The van der Waals surface area contributed by atoms with E-state index in [2.05, 4.69) is 37.2 Å². The molecule has 0 unspecified atom stereocenters. The standard InChI is InChI=1S/C17H15Br2NO3S/c1-10-7-13(18)17(14(19)8-10)20-15(21)9-23-16(22)6-5-12-4-3-11(2)24-12/h3-8H,9H2,1-2H3,(H,20,21)/b6-5+. The highest BCUT2D eigenvalue weighted by Gasteiger charge is 2.11. The number of carbonyl (C=O) groups excluding carboxylic acids is 2. The molecule has 0 aliphatic rings. The summed E-state index contributed by atoms with van der Waals surface area (Å²) in [5.74, 6) is -0.966. The fourth-order valence-electron chi connectivity index (χ4n) is 1.87. The van der Waals surface area contributed by atoms with Gasteiger partial charge in [0.2, 0.25) is 0 Å². The molecule has 0 aliphatic carbocycles. The number of thiophene rings is 1. The third-order valence-electron chi connectivity index (χ3n) is 2.94. The summed E-state index contributed by atoms with van der Waals surface area (Å²) in [5, 5.41) is 2.71. The van der Waals surface area contributed by atoms with E-state index in [1.54, 1.807) is 17.4 Å². The van der Waals surface area contributed by atoms with E-state index in [4.69, 9.17) is 4.74 Å². The van der Waals surface area contributed by atoms with Crippen LogP contribution >= 0.6 is 43.2 Å². The van der Waals surface area contributed by atoms with Gasteiger partial charge in [-0.15, -0.1) is 11.3 Å².